The molecule has 0 aliphatic rings. The van der Waals surface area contributed by atoms with Gasteiger partial charge in [0, 0.05) is 24.7 Å². The van der Waals surface area contributed by atoms with Crippen LogP contribution in [-0.4, -0.2) is 9.97 Å². The van der Waals surface area contributed by atoms with E-state index in [2.05, 4.69) is 65.8 Å². The summed E-state index contributed by atoms with van der Waals surface area (Å²) in [5, 5.41) is 5.65. The minimum Gasteiger partial charge on any atom is -0.340 e. The zero-order chi connectivity index (χ0) is 18.7. The maximum absolute atomic E-state index is 13.3. The van der Waals surface area contributed by atoms with Crippen molar-refractivity contribution in [3.8, 4) is 0 Å². The number of nitrogens with one attached hydrogen (secondary N) is 2. The molecule has 0 aliphatic carbocycles. The Balaban J connectivity index is 1.94. The van der Waals surface area contributed by atoms with Gasteiger partial charge in [-0.3, -0.25) is 0 Å². The van der Waals surface area contributed by atoms with Crippen molar-refractivity contribution in [2.45, 2.75) is 6.18 Å². The fraction of sp³-hybridized carbons (Fsp3) is 0.0588. The van der Waals surface area contributed by atoms with Crippen molar-refractivity contribution in [3.63, 3.8) is 0 Å². The molecule has 0 saturated heterocycles. The summed E-state index contributed by atoms with van der Waals surface area (Å²) in [5.41, 5.74) is 0.274. The van der Waals surface area contributed by atoms with Gasteiger partial charge in [0.2, 0.25) is 5.95 Å². The van der Waals surface area contributed by atoms with Crippen LogP contribution in [0.2, 0.25) is 0 Å². The van der Waals surface area contributed by atoms with Gasteiger partial charge in [0.15, 0.2) is 0 Å². The molecule has 0 fully saturated rings. The van der Waals surface area contributed by atoms with E-state index in [0.717, 1.165) is 13.3 Å². The van der Waals surface area contributed by atoms with Crippen molar-refractivity contribution in [2.24, 2.45) is 0 Å². The highest BCUT2D eigenvalue weighted by Crippen LogP contribution is 2.35. The molecule has 3 aromatic rings. The summed E-state index contributed by atoms with van der Waals surface area (Å²) in [6, 6.07) is 14.4. The first-order valence-electron chi connectivity index (χ1n) is 7.31. The first kappa shape index (κ1) is 19.1. The Morgan fingerprint density at radius 2 is 1.58 bits per heavy atom. The van der Waals surface area contributed by atoms with Crippen LogP contribution in [0.3, 0.4) is 0 Å². The summed E-state index contributed by atoms with van der Waals surface area (Å²) >= 11 is 4.26. The van der Waals surface area contributed by atoms with E-state index in [-0.39, 0.29) is 11.8 Å². The van der Waals surface area contributed by atoms with Crippen LogP contribution < -0.4 is 10.6 Å². The third-order valence-electron chi connectivity index (χ3n) is 3.28. The Labute approximate surface area is 174 Å². The largest absolute Gasteiger partial charge is 0.421 e. The SMILES string of the molecule is FC(F)(F)c1cnc(Nc2ccc(I)cc2)nc1Nc1cccc(I)c1. The van der Waals surface area contributed by atoms with Crippen LogP contribution in [0.4, 0.5) is 36.3 Å². The summed E-state index contributed by atoms with van der Waals surface area (Å²) in [5.74, 6) is -0.227. The van der Waals surface area contributed by atoms with Gasteiger partial charge in [-0.2, -0.15) is 18.2 Å². The van der Waals surface area contributed by atoms with Crippen LogP contribution in [-0.2, 0) is 6.18 Å². The van der Waals surface area contributed by atoms with Gasteiger partial charge in [-0.1, -0.05) is 6.07 Å². The molecule has 1 aromatic heterocycles. The van der Waals surface area contributed by atoms with E-state index in [0.29, 0.717) is 11.4 Å². The van der Waals surface area contributed by atoms with Gasteiger partial charge in [0.25, 0.3) is 0 Å². The quantitative estimate of drug-likeness (QED) is 0.361. The van der Waals surface area contributed by atoms with E-state index >= 15 is 0 Å². The minimum absolute atomic E-state index is 0.0762. The van der Waals surface area contributed by atoms with Gasteiger partial charge in [-0.25, -0.2) is 4.98 Å². The average molecular weight is 582 g/mol. The first-order chi connectivity index (χ1) is 12.3. The lowest BCUT2D eigenvalue weighted by atomic mass is 10.2. The Hall–Kier alpha value is -1.63. The summed E-state index contributed by atoms with van der Waals surface area (Å²) in [4.78, 5) is 7.82. The first-order valence-corrected chi connectivity index (χ1v) is 9.46. The van der Waals surface area contributed by atoms with Crippen LogP contribution in [0, 0.1) is 7.14 Å². The van der Waals surface area contributed by atoms with Crippen molar-refractivity contribution in [1.29, 1.82) is 0 Å². The molecule has 0 amide bonds. The van der Waals surface area contributed by atoms with E-state index in [1.807, 2.05) is 18.2 Å². The summed E-state index contributed by atoms with van der Waals surface area (Å²) in [7, 11) is 0. The highest BCUT2D eigenvalue weighted by atomic mass is 127. The lowest BCUT2D eigenvalue weighted by molar-refractivity contribution is -0.137. The lowest BCUT2D eigenvalue weighted by Gasteiger charge is -2.15. The second kappa shape index (κ2) is 7.94. The molecular formula is C17H11F3I2N4. The molecule has 0 saturated carbocycles. The highest BCUT2D eigenvalue weighted by molar-refractivity contribution is 14.1. The Bertz CT molecular complexity index is 915. The fourth-order valence-electron chi connectivity index (χ4n) is 2.11. The average Bonchev–Trinajstić information content (AvgIpc) is 2.56. The van der Waals surface area contributed by atoms with Crippen molar-refractivity contribution in [2.75, 3.05) is 10.6 Å². The monoisotopic (exact) mass is 582 g/mol. The number of halogens is 5. The third kappa shape index (κ3) is 4.96. The molecule has 4 nitrogen and oxygen atoms in total. The topological polar surface area (TPSA) is 49.8 Å². The molecule has 26 heavy (non-hydrogen) atoms. The molecule has 3 rings (SSSR count). The van der Waals surface area contributed by atoms with Crippen molar-refractivity contribution < 1.29 is 13.2 Å². The smallest absolute Gasteiger partial charge is 0.340 e. The molecule has 134 valence electrons. The Morgan fingerprint density at radius 3 is 2.23 bits per heavy atom. The van der Waals surface area contributed by atoms with Crippen LogP contribution in [0.15, 0.2) is 54.7 Å². The molecule has 0 radical (unpaired) electrons. The van der Waals surface area contributed by atoms with Crippen LogP contribution >= 0.6 is 45.2 Å². The second-order valence-electron chi connectivity index (χ2n) is 5.22. The molecule has 9 heteroatoms. The molecule has 1 heterocycles. The van der Waals surface area contributed by atoms with E-state index in [4.69, 9.17) is 0 Å². The normalized spacial score (nSPS) is 11.3. The van der Waals surface area contributed by atoms with Crippen LogP contribution in [0.25, 0.3) is 0 Å². The lowest BCUT2D eigenvalue weighted by Crippen LogP contribution is -2.12. The fourth-order valence-corrected chi connectivity index (χ4v) is 3.01. The predicted molar refractivity (Wildman–Crippen MR) is 112 cm³/mol. The van der Waals surface area contributed by atoms with E-state index in [1.165, 1.54) is 0 Å². The number of benzene rings is 2. The molecule has 2 N–H and O–H groups in total. The number of nitrogens with zero attached hydrogens (tertiary/aromatic N) is 2. The maximum atomic E-state index is 13.3. The van der Waals surface area contributed by atoms with Gasteiger partial charge in [-0.05, 0) is 87.6 Å². The number of rotatable bonds is 4. The molecule has 0 atom stereocenters. The van der Waals surface area contributed by atoms with E-state index < -0.39 is 11.7 Å². The summed E-state index contributed by atoms with van der Waals surface area (Å²) in [6.45, 7) is 0. The minimum atomic E-state index is -4.56. The third-order valence-corrected chi connectivity index (χ3v) is 4.67. The van der Waals surface area contributed by atoms with Crippen molar-refractivity contribution in [3.05, 3.63) is 67.4 Å². The van der Waals surface area contributed by atoms with Gasteiger partial charge < -0.3 is 10.6 Å². The number of anilines is 4. The molecular weight excluding hydrogens is 571 g/mol. The number of alkyl halides is 3. The molecule has 0 spiro atoms. The second-order valence-corrected chi connectivity index (χ2v) is 7.71. The van der Waals surface area contributed by atoms with Gasteiger partial charge in [0.1, 0.15) is 11.4 Å². The summed E-state index contributed by atoms with van der Waals surface area (Å²) < 4.78 is 41.8. The van der Waals surface area contributed by atoms with Crippen molar-refractivity contribution in [1.82, 2.24) is 9.97 Å². The zero-order valence-corrected chi connectivity index (χ0v) is 17.3. The number of hydrogen-bond acceptors (Lipinski definition) is 4. The Morgan fingerprint density at radius 1 is 0.846 bits per heavy atom. The molecule has 2 aromatic carbocycles. The zero-order valence-electron chi connectivity index (χ0n) is 13.0. The van der Waals surface area contributed by atoms with Crippen LogP contribution in [0.5, 0.6) is 0 Å². The van der Waals surface area contributed by atoms with Crippen LogP contribution in [0.1, 0.15) is 5.56 Å². The highest BCUT2D eigenvalue weighted by Gasteiger charge is 2.35. The number of aromatic nitrogens is 2. The summed E-state index contributed by atoms with van der Waals surface area (Å²) in [6.07, 6.45) is -3.79. The molecule has 0 aliphatic heterocycles. The standard InChI is InChI=1S/C17H11F3I2N4/c18-17(19,20)14-9-23-16(25-12-6-4-10(21)5-7-12)26-15(14)24-13-3-1-2-11(22)8-13/h1-9H,(H2,23,24,25,26). The molecule has 0 bridgehead atoms. The molecule has 0 unspecified atom stereocenters. The van der Waals surface area contributed by atoms with E-state index in [1.54, 1.807) is 30.3 Å². The predicted octanol–water partition coefficient (Wildman–Crippen LogP) is 6.19. The van der Waals surface area contributed by atoms with Gasteiger partial charge in [0.05, 0.1) is 0 Å². The van der Waals surface area contributed by atoms with E-state index in [9.17, 15) is 13.2 Å². The van der Waals surface area contributed by atoms with Crippen molar-refractivity contribution >= 4 is 68.3 Å². The maximum Gasteiger partial charge on any atom is 0.421 e. The Kier molecular flexibility index (Phi) is 5.85. The number of hydrogen-bond donors (Lipinski definition) is 2. The van der Waals surface area contributed by atoms with Gasteiger partial charge >= 0.3 is 6.18 Å². The van der Waals surface area contributed by atoms with Gasteiger partial charge in [-0.15, -0.1) is 0 Å².